The molecule has 0 spiro atoms. The van der Waals surface area contributed by atoms with Crippen LogP contribution in [0.5, 0.6) is 0 Å². The fourth-order valence-electron chi connectivity index (χ4n) is 1.33. The van der Waals surface area contributed by atoms with Crippen molar-refractivity contribution in [2.24, 2.45) is 16.5 Å². The molecular weight excluding hydrogens is 280 g/mol. The first-order valence-electron chi connectivity index (χ1n) is 5.86. The van der Waals surface area contributed by atoms with Gasteiger partial charge in [0.05, 0.1) is 5.69 Å². The number of nitrogens with zero attached hydrogens (tertiary/aromatic N) is 1. The molecule has 8 heteroatoms. The standard InChI is InChI=1S/C13H14BF3N4/c1-8(19)7-20-9-2-4-10(5-3-9)21-12(11(14)6-18)13(15,16)17/h2-7,20H,18-19H2,1H3/b8-7-,11-6?,21-12?. The van der Waals surface area contributed by atoms with E-state index in [-0.39, 0.29) is 5.69 Å². The minimum Gasteiger partial charge on any atom is -0.405 e. The summed E-state index contributed by atoms with van der Waals surface area (Å²) in [5.74, 6) is 0. The van der Waals surface area contributed by atoms with E-state index >= 15 is 0 Å². The molecular formula is C13H14BF3N4. The molecule has 0 amide bonds. The van der Waals surface area contributed by atoms with Crippen LogP contribution in [-0.2, 0) is 0 Å². The first kappa shape index (κ1) is 16.7. The largest absolute Gasteiger partial charge is 0.432 e. The van der Waals surface area contributed by atoms with Crippen LogP contribution < -0.4 is 16.8 Å². The van der Waals surface area contributed by atoms with E-state index in [1.165, 1.54) is 12.1 Å². The topological polar surface area (TPSA) is 76.4 Å². The summed E-state index contributed by atoms with van der Waals surface area (Å²) in [6.45, 7) is 1.70. The summed E-state index contributed by atoms with van der Waals surface area (Å²) in [6.07, 6.45) is -2.46. The monoisotopic (exact) mass is 294 g/mol. The van der Waals surface area contributed by atoms with E-state index in [0.29, 0.717) is 17.6 Å². The summed E-state index contributed by atoms with van der Waals surface area (Å²) in [5.41, 5.74) is 9.94. The van der Waals surface area contributed by atoms with Crippen molar-refractivity contribution in [2.45, 2.75) is 13.1 Å². The normalized spacial score (nSPS) is 14.2. The average Bonchev–Trinajstić information content (AvgIpc) is 2.41. The number of anilines is 1. The van der Waals surface area contributed by atoms with Gasteiger partial charge in [0, 0.05) is 17.6 Å². The van der Waals surface area contributed by atoms with Crippen LogP contribution in [-0.4, -0.2) is 19.7 Å². The summed E-state index contributed by atoms with van der Waals surface area (Å²) >= 11 is 0. The number of benzene rings is 1. The molecule has 0 aliphatic carbocycles. The van der Waals surface area contributed by atoms with Crippen LogP contribution in [0.2, 0.25) is 0 Å². The highest BCUT2D eigenvalue weighted by atomic mass is 19.4. The van der Waals surface area contributed by atoms with Gasteiger partial charge in [0.2, 0.25) is 0 Å². The van der Waals surface area contributed by atoms with Crippen LogP contribution >= 0.6 is 0 Å². The van der Waals surface area contributed by atoms with Crippen molar-refractivity contribution in [1.29, 1.82) is 0 Å². The van der Waals surface area contributed by atoms with E-state index < -0.39 is 17.4 Å². The lowest BCUT2D eigenvalue weighted by Gasteiger charge is -2.11. The Bertz CT molecular complexity index is 570. The molecule has 4 nitrogen and oxygen atoms in total. The fraction of sp³-hybridized carbons (Fsp3) is 0.154. The van der Waals surface area contributed by atoms with Gasteiger partial charge in [-0.05, 0) is 37.4 Å². The third kappa shape index (κ3) is 5.25. The van der Waals surface area contributed by atoms with Gasteiger partial charge in [0.15, 0.2) is 0 Å². The maximum Gasteiger partial charge on any atom is 0.432 e. The van der Waals surface area contributed by atoms with Gasteiger partial charge in [-0.1, -0.05) is 5.47 Å². The molecule has 110 valence electrons. The van der Waals surface area contributed by atoms with Gasteiger partial charge in [-0.15, -0.1) is 0 Å². The first-order chi connectivity index (χ1) is 9.74. The minimum atomic E-state index is -4.68. The molecule has 0 saturated heterocycles. The van der Waals surface area contributed by atoms with Gasteiger partial charge in [-0.25, -0.2) is 4.99 Å². The second-order valence-corrected chi connectivity index (χ2v) is 4.16. The van der Waals surface area contributed by atoms with Crippen molar-refractivity contribution >= 4 is 24.9 Å². The Morgan fingerprint density at radius 3 is 2.29 bits per heavy atom. The van der Waals surface area contributed by atoms with Crippen molar-refractivity contribution in [1.82, 2.24) is 0 Å². The van der Waals surface area contributed by atoms with Crippen molar-refractivity contribution in [2.75, 3.05) is 5.32 Å². The number of hydrogen-bond donors (Lipinski definition) is 3. The number of halogens is 3. The van der Waals surface area contributed by atoms with Crippen molar-refractivity contribution in [3.63, 3.8) is 0 Å². The highest BCUT2D eigenvalue weighted by Crippen LogP contribution is 2.25. The predicted molar refractivity (Wildman–Crippen MR) is 79.2 cm³/mol. The first-order valence-corrected chi connectivity index (χ1v) is 5.86. The van der Waals surface area contributed by atoms with Gasteiger partial charge in [0.1, 0.15) is 13.6 Å². The van der Waals surface area contributed by atoms with Crippen LogP contribution in [0.3, 0.4) is 0 Å². The molecule has 1 aromatic carbocycles. The Kier molecular flexibility index (Phi) is 5.46. The van der Waals surface area contributed by atoms with Gasteiger partial charge in [-0.2, -0.15) is 13.2 Å². The lowest BCUT2D eigenvalue weighted by Crippen LogP contribution is -2.25. The van der Waals surface area contributed by atoms with E-state index in [9.17, 15) is 13.2 Å². The summed E-state index contributed by atoms with van der Waals surface area (Å²) < 4.78 is 38.4. The molecule has 0 atom stereocenters. The van der Waals surface area contributed by atoms with Gasteiger partial charge < -0.3 is 16.8 Å². The Morgan fingerprint density at radius 2 is 1.86 bits per heavy atom. The molecule has 0 fully saturated rings. The maximum absolute atomic E-state index is 12.8. The molecule has 0 saturated carbocycles. The van der Waals surface area contributed by atoms with Crippen LogP contribution in [0.1, 0.15) is 6.92 Å². The van der Waals surface area contributed by atoms with Crippen molar-refractivity contribution in [3.8, 4) is 0 Å². The van der Waals surface area contributed by atoms with Crippen LogP contribution in [0.25, 0.3) is 0 Å². The van der Waals surface area contributed by atoms with E-state index in [1.807, 2.05) is 0 Å². The number of hydrogen-bond acceptors (Lipinski definition) is 4. The summed E-state index contributed by atoms with van der Waals surface area (Å²) in [6, 6.07) is 5.96. The lowest BCUT2D eigenvalue weighted by atomic mass is 9.91. The number of rotatable bonds is 4. The van der Waals surface area contributed by atoms with E-state index in [0.717, 1.165) is 0 Å². The Labute approximate surface area is 121 Å². The molecule has 5 N–H and O–H groups in total. The summed E-state index contributed by atoms with van der Waals surface area (Å²) in [5, 5.41) is 2.87. The zero-order valence-corrected chi connectivity index (χ0v) is 11.3. The second kappa shape index (κ2) is 6.87. The molecule has 0 aliphatic heterocycles. The summed E-state index contributed by atoms with van der Waals surface area (Å²) in [7, 11) is 5.21. The molecule has 1 aromatic rings. The van der Waals surface area contributed by atoms with Gasteiger partial charge in [0.25, 0.3) is 0 Å². The maximum atomic E-state index is 12.8. The van der Waals surface area contributed by atoms with E-state index in [2.05, 4.69) is 10.3 Å². The fourth-order valence-corrected chi connectivity index (χ4v) is 1.33. The minimum absolute atomic E-state index is 0.103. The van der Waals surface area contributed by atoms with Gasteiger partial charge in [-0.3, -0.25) is 0 Å². The zero-order chi connectivity index (χ0) is 16.0. The number of nitrogens with one attached hydrogen (secondary N) is 1. The quantitative estimate of drug-likeness (QED) is 0.590. The number of aliphatic imine (C=N–C) groups is 1. The highest BCUT2D eigenvalue weighted by Gasteiger charge is 2.36. The number of alkyl halides is 3. The molecule has 1 rings (SSSR count). The molecule has 21 heavy (non-hydrogen) atoms. The van der Waals surface area contributed by atoms with E-state index in [4.69, 9.17) is 19.3 Å². The molecule has 0 aromatic heterocycles. The molecule has 0 unspecified atom stereocenters. The number of nitrogens with two attached hydrogens (primary N) is 2. The third-order valence-corrected chi connectivity index (χ3v) is 2.30. The number of allylic oxidation sites excluding steroid dienone is 2. The molecule has 2 radical (unpaired) electrons. The highest BCUT2D eigenvalue weighted by molar-refractivity contribution is 6.39. The molecule has 0 heterocycles. The smallest absolute Gasteiger partial charge is 0.405 e. The average molecular weight is 294 g/mol. The zero-order valence-electron chi connectivity index (χ0n) is 11.3. The molecule has 0 aliphatic rings. The second-order valence-electron chi connectivity index (χ2n) is 4.16. The lowest BCUT2D eigenvalue weighted by molar-refractivity contribution is -0.0578. The van der Waals surface area contributed by atoms with E-state index in [1.54, 1.807) is 25.3 Å². The third-order valence-electron chi connectivity index (χ3n) is 2.30. The molecule has 0 bridgehead atoms. The van der Waals surface area contributed by atoms with Crippen LogP contribution in [0.4, 0.5) is 24.5 Å². The Balaban J connectivity index is 3.04. The van der Waals surface area contributed by atoms with Crippen molar-refractivity contribution in [3.05, 3.63) is 47.8 Å². The predicted octanol–water partition coefficient (Wildman–Crippen LogP) is 2.52. The van der Waals surface area contributed by atoms with Crippen LogP contribution in [0.15, 0.2) is 52.8 Å². The Hall–Kier alpha value is -2.38. The van der Waals surface area contributed by atoms with Crippen LogP contribution in [0, 0.1) is 0 Å². The SMILES string of the molecule is [B]C(=CN)C(=Nc1ccc(N/C=C(/C)N)cc1)C(F)(F)F. The van der Waals surface area contributed by atoms with Gasteiger partial charge >= 0.3 is 6.18 Å². The Morgan fingerprint density at radius 1 is 1.29 bits per heavy atom. The summed E-state index contributed by atoms with van der Waals surface area (Å²) in [4.78, 5) is 3.49. The van der Waals surface area contributed by atoms with Crippen molar-refractivity contribution < 1.29 is 13.2 Å².